The summed E-state index contributed by atoms with van der Waals surface area (Å²) in [5, 5.41) is 2.80. The standard InChI is InChI=1S/C22H20N2O5/c1-13(25)17-9-20-21(29-12-28-20)10-18(17)23-22(27)11-19-16-6-4-3-5-15(16)7-8-24(19)14(2)26/h3-10,19H,11-12H2,1-2H3,(H,23,27)/t19-/m1/s1. The molecule has 0 saturated carbocycles. The van der Waals surface area contributed by atoms with E-state index < -0.39 is 6.04 Å². The van der Waals surface area contributed by atoms with Gasteiger partial charge >= 0.3 is 0 Å². The number of Topliss-reactive ketones (excluding diaryl/α,β-unsaturated/α-hetero) is 1. The molecular formula is C22H20N2O5. The first kappa shape index (κ1) is 18.7. The Hall–Kier alpha value is -3.61. The minimum atomic E-state index is -0.427. The molecule has 0 saturated heterocycles. The number of benzene rings is 2. The maximum absolute atomic E-state index is 12.9. The highest BCUT2D eigenvalue weighted by molar-refractivity contribution is 6.04. The van der Waals surface area contributed by atoms with E-state index in [1.54, 1.807) is 23.2 Å². The summed E-state index contributed by atoms with van der Waals surface area (Å²) in [5.74, 6) is 0.285. The van der Waals surface area contributed by atoms with Crippen LogP contribution in [0.4, 0.5) is 5.69 Å². The van der Waals surface area contributed by atoms with Crippen LogP contribution < -0.4 is 14.8 Å². The Kier molecular flexibility index (Phi) is 4.80. The van der Waals surface area contributed by atoms with Crippen molar-refractivity contribution in [2.75, 3.05) is 12.1 Å². The maximum Gasteiger partial charge on any atom is 0.231 e. The molecule has 1 N–H and O–H groups in total. The minimum absolute atomic E-state index is 0.0483. The fourth-order valence-corrected chi connectivity index (χ4v) is 3.63. The molecule has 2 aliphatic rings. The van der Waals surface area contributed by atoms with E-state index in [0.29, 0.717) is 22.7 Å². The fourth-order valence-electron chi connectivity index (χ4n) is 3.63. The van der Waals surface area contributed by atoms with Crippen molar-refractivity contribution in [3.8, 4) is 11.5 Å². The Labute approximate surface area is 167 Å². The van der Waals surface area contributed by atoms with E-state index in [9.17, 15) is 14.4 Å². The van der Waals surface area contributed by atoms with Gasteiger partial charge in [-0.25, -0.2) is 0 Å². The molecule has 0 aromatic heterocycles. The number of hydrogen-bond donors (Lipinski definition) is 1. The summed E-state index contributed by atoms with van der Waals surface area (Å²) in [6.45, 7) is 2.96. The number of rotatable bonds is 4. The zero-order valence-electron chi connectivity index (χ0n) is 16.1. The molecule has 0 unspecified atom stereocenters. The number of carbonyl (C=O) groups excluding carboxylic acids is 3. The highest BCUT2D eigenvalue weighted by atomic mass is 16.7. The molecule has 0 aliphatic carbocycles. The van der Waals surface area contributed by atoms with E-state index in [1.807, 2.05) is 30.3 Å². The van der Waals surface area contributed by atoms with E-state index >= 15 is 0 Å². The average Bonchev–Trinajstić information content (AvgIpc) is 3.14. The SMILES string of the molecule is CC(=O)c1cc2c(cc1NC(=O)C[C@@H]1c3ccccc3C=CN1C(C)=O)OCO2. The molecule has 0 spiro atoms. The van der Waals surface area contributed by atoms with Crippen molar-refractivity contribution < 1.29 is 23.9 Å². The van der Waals surface area contributed by atoms with Crippen molar-refractivity contribution in [3.05, 3.63) is 59.3 Å². The summed E-state index contributed by atoms with van der Waals surface area (Å²) in [5.41, 5.74) is 2.57. The Morgan fingerprint density at radius 2 is 1.83 bits per heavy atom. The molecule has 7 heteroatoms. The van der Waals surface area contributed by atoms with E-state index in [0.717, 1.165) is 11.1 Å². The summed E-state index contributed by atoms with van der Waals surface area (Å²) in [7, 11) is 0. The summed E-state index contributed by atoms with van der Waals surface area (Å²) in [6, 6.07) is 10.4. The van der Waals surface area contributed by atoms with Gasteiger partial charge in [-0.1, -0.05) is 24.3 Å². The van der Waals surface area contributed by atoms with Crippen LogP contribution in [0.15, 0.2) is 42.6 Å². The van der Waals surface area contributed by atoms with Crippen LogP contribution in [-0.4, -0.2) is 29.3 Å². The molecule has 2 aromatic carbocycles. The van der Waals surface area contributed by atoms with Gasteiger partial charge in [0.2, 0.25) is 18.6 Å². The van der Waals surface area contributed by atoms with Gasteiger partial charge in [-0.15, -0.1) is 0 Å². The van der Waals surface area contributed by atoms with Gasteiger partial charge in [0.1, 0.15) is 0 Å². The third kappa shape index (κ3) is 3.59. The Bertz CT molecular complexity index is 1040. The molecule has 7 nitrogen and oxygen atoms in total. The average molecular weight is 392 g/mol. The first-order valence-corrected chi connectivity index (χ1v) is 9.24. The normalized spacial score (nSPS) is 16.3. The van der Waals surface area contributed by atoms with Crippen molar-refractivity contribution in [2.45, 2.75) is 26.3 Å². The summed E-state index contributed by atoms with van der Waals surface area (Å²) >= 11 is 0. The van der Waals surface area contributed by atoms with Gasteiger partial charge in [-0.2, -0.15) is 0 Å². The molecule has 29 heavy (non-hydrogen) atoms. The lowest BCUT2D eigenvalue weighted by molar-refractivity contribution is -0.129. The highest BCUT2D eigenvalue weighted by Gasteiger charge is 2.29. The van der Waals surface area contributed by atoms with Crippen molar-refractivity contribution in [3.63, 3.8) is 0 Å². The number of fused-ring (bicyclic) bond motifs is 2. The Balaban J connectivity index is 1.60. The molecule has 2 amide bonds. The number of amides is 2. The number of ketones is 1. The number of carbonyl (C=O) groups is 3. The molecule has 2 aromatic rings. The van der Waals surface area contributed by atoms with Gasteiger partial charge in [-0.05, 0) is 30.2 Å². The monoisotopic (exact) mass is 392 g/mol. The molecule has 2 heterocycles. The van der Waals surface area contributed by atoms with E-state index in [2.05, 4.69) is 5.32 Å². The molecule has 0 radical (unpaired) electrons. The van der Waals surface area contributed by atoms with Crippen molar-refractivity contribution in [1.82, 2.24) is 4.90 Å². The Morgan fingerprint density at radius 1 is 1.10 bits per heavy atom. The smallest absolute Gasteiger partial charge is 0.231 e. The summed E-state index contributed by atoms with van der Waals surface area (Å²) in [4.78, 5) is 38.6. The second kappa shape index (κ2) is 7.43. The first-order valence-electron chi connectivity index (χ1n) is 9.24. The third-order valence-electron chi connectivity index (χ3n) is 5.01. The summed E-state index contributed by atoms with van der Waals surface area (Å²) in [6.07, 6.45) is 3.60. The van der Waals surface area contributed by atoms with E-state index in [-0.39, 0.29) is 30.8 Å². The lowest BCUT2D eigenvalue weighted by Crippen LogP contribution is -2.33. The van der Waals surface area contributed by atoms with Crippen LogP contribution in [0.5, 0.6) is 11.5 Å². The van der Waals surface area contributed by atoms with Crippen LogP contribution >= 0.6 is 0 Å². The zero-order chi connectivity index (χ0) is 20.5. The van der Waals surface area contributed by atoms with E-state index in [4.69, 9.17) is 9.47 Å². The maximum atomic E-state index is 12.9. The fraction of sp³-hybridized carbons (Fsp3) is 0.227. The quantitative estimate of drug-likeness (QED) is 0.805. The van der Waals surface area contributed by atoms with Crippen LogP contribution in [0.25, 0.3) is 6.08 Å². The lowest BCUT2D eigenvalue weighted by Gasteiger charge is -2.32. The summed E-state index contributed by atoms with van der Waals surface area (Å²) < 4.78 is 10.7. The van der Waals surface area contributed by atoms with Gasteiger partial charge in [0.05, 0.1) is 18.2 Å². The highest BCUT2D eigenvalue weighted by Crippen LogP contribution is 2.38. The lowest BCUT2D eigenvalue weighted by atomic mass is 9.93. The molecule has 0 bridgehead atoms. The van der Waals surface area contributed by atoms with Gasteiger partial charge in [-0.3, -0.25) is 14.4 Å². The number of anilines is 1. The second-order valence-electron chi connectivity index (χ2n) is 6.95. The molecule has 1 atom stereocenters. The second-order valence-corrected chi connectivity index (χ2v) is 6.95. The third-order valence-corrected chi connectivity index (χ3v) is 5.01. The van der Waals surface area contributed by atoms with Crippen molar-refractivity contribution in [2.24, 2.45) is 0 Å². The first-order chi connectivity index (χ1) is 13.9. The number of nitrogens with one attached hydrogen (secondary N) is 1. The van der Waals surface area contributed by atoms with Gasteiger partial charge in [0.15, 0.2) is 17.3 Å². The van der Waals surface area contributed by atoms with Crippen LogP contribution in [0.3, 0.4) is 0 Å². The van der Waals surface area contributed by atoms with Crippen LogP contribution in [0, 0.1) is 0 Å². The molecule has 0 fully saturated rings. The van der Waals surface area contributed by atoms with Gasteiger partial charge < -0.3 is 19.7 Å². The van der Waals surface area contributed by atoms with Gasteiger partial charge in [0, 0.05) is 24.8 Å². The molecule has 2 aliphatic heterocycles. The predicted octanol–water partition coefficient (Wildman–Crippen LogP) is 3.52. The number of ether oxygens (including phenoxy) is 2. The topological polar surface area (TPSA) is 84.9 Å². The van der Waals surface area contributed by atoms with E-state index in [1.165, 1.54) is 13.8 Å². The number of hydrogen-bond acceptors (Lipinski definition) is 5. The molecule has 148 valence electrons. The zero-order valence-corrected chi connectivity index (χ0v) is 16.1. The predicted molar refractivity (Wildman–Crippen MR) is 107 cm³/mol. The molecule has 4 rings (SSSR count). The van der Waals surface area contributed by atoms with Crippen molar-refractivity contribution >= 4 is 29.4 Å². The minimum Gasteiger partial charge on any atom is -0.454 e. The van der Waals surface area contributed by atoms with Gasteiger partial charge in [0.25, 0.3) is 0 Å². The largest absolute Gasteiger partial charge is 0.454 e. The van der Waals surface area contributed by atoms with Crippen molar-refractivity contribution in [1.29, 1.82) is 0 Å². The van der Waals surface area contributed by atoms with Crippen LogP contribution in [-0.2, 0) is 9.59 Å². The van der Waals surface area contributed by atoms with Crippen LogP contribution in [0.1, 0.15) is 47.8 Å². The molecular weight excluding hydrogens is 372 g/mol. The number of nitrogens with zero attached hydrogens (tertiary/aromatic N) is 1. The van der Waals surface area contributed by atoms with Crippen LogP contribution in [0.2, 0.25) is 0 Å². The Morgan fingerprint density at radius 3 is 2.55 bits per heavy atom.